The Balaban J connectivity index is 1.49. The number of methoxy groups -OCH3 is 2. The van der Waals surface area contributed by atoms with Crippen LogP contribution in [0.15, 0.2) is 48.5 Å². The summed E-state index contributed by atoms with van der Waals surface area (Å²) in [4.78, 5) is 24.5. The first-order chi connectivity index (χ1) is 14.6. The zero-order valence-corrected chi connectivity index (χ0v) is 17.1. The van der Waals surface area contributed by atoms with E-state index in [-0.39, 0.29) is 18.2 Å². The van der Waals surface area contributed by atoms with Gasteiger partial charge in [-0.3, -0.25) is 5.32 Å². The first-order valence-electron chi connectivity index (χ1n) is 9.89. The number of benzene rings is 2. The van der Waals surface area contributed by atoms with Gasteiger partial charge in [0.1, 0.15) is 17.6 Å². The minimum Gasteiger partial charge on any atom is -0.497 e. The van der Waals surface area contributed by atoms with E-state index in [0.29, 0.717) is 29.3 Å². The second-order valence-electron chi connectivity index (χ2n) is 7.08. The summed E-state index contributed by atoms with van der Waals surface area (Å²) < 4.78 is 16.0. The summed E-state index contributed by atoms with van der Waals surface area (Å²) in [5.41, 5.74) is 1.25. The van der Waals surface area contributed by atoms with Crippen LogP contribution in [0.4, 0.5) is 21.0 Å². The van der Waals surface area contributed by atoms with Gasteiger partial charge in [-0.15, -0.1) is 0 Å². The number of anilines is 2. The fraction of sp³-hybridized carbons (Fsp3) is 0.364. The van der Waals surface area contributed by atoms with Crippen molar-refractivity contribution in [3.05, 3.63) is 48.5 Å². The number of para-hydroxylation sites is 1. The quantitative estimate of drug-likeness (QED) is 0.653. The summed E-state index contributed by atoms with van der Waals surface area (Å²) in [6.07, 6.45) is 2.30. The molecule has 2 aromatic rings. The van der Waals surface area contributed by atoms with E-state index < -0.39 is 6.09 Å². The molecule has 1 aliphatic carbocycles. The van der Waals surface area contributed by atoms with Gasteiger partial charge in [0, 0.05) is 42.0 Å². The Morgan fingerprint density at radius 2 is 1.60 bits per heavy atom. The average Bonchev–Trinajstić information content (AvgIpc) is 2.74. The molecule has 1 saturated carbocycles. The number of carbonyl (C=O) groups is 2. The van der Waals surface area contributed by atoms with Crippen molar-refractivity contribution in [2.75, 3.05) is 24.9 Å². The lowest BCUT2D eigenvalue weighted by atomic mass is 9.93. The molecule has 1 fully saturated rings. The number of ether oxygens (including phenoxy) is 3. The van der Waals surface area contributed by atoms with E-state index in [4.69, 9.17) is 14.2 Å². The van der Waals surface area contributed by atoms with Gasteiger partial charge >= 0.3 is 12.1 Å². The Morgan fingerprint density at radius 1 is 0.900 bits per heavy atom. The van der Waals surface area contributed by atoms with Gasteiger partial charge in [-0.25, -0.2) is 9.59 Å². The molecule has 0 spiro atoms. The van der Waals surface area contributed by atoms with Gasteiger partial charge < -0.3 is 24.8 Å². The van der Waals surface area contributed by atoms with Gasteiger partial charge in [-0.1, -0.05) is 18.2 Å². The summed E-state index contributed by atoms with van der Waals surface area (Å²) in [5.74, 6) is 1.17. The van der Waals surface area contributed by atoms with E-state index in [1.807, 2.05) is 18.2 Å². The molecule has 0 heterocycles. The van der Waals surface area contributed by atoms with Gasteiger partial charge in [-0.2, -0.15) is 0 Å². The third kappa shape index (κ3) is 6.30. The van der Waals surface area contributed by atoms with Crippen molar-refractivity contribution >= 4 is 23.5 Å². The van der Waals surface area contributed by atoms with Crippen LogP contribution in [0.5, 0.6) is 11.5 Å². The number of hydrogen-bond donors (Lipinski definition) is 3. The van der Waals surface area contributed by atoms with Crippen molar-refractivity contribution in [2.24, 2.45) is 0 Å². The molecule has 2 aromatic carbocycles. The molecule has 1 aliphatic rings. The molecular formula is C22H27N3O5. The summed E-state index contributed by atoms with van der Waals surface area (Å²) >= 11 is 0. The van der Waals surface area contributed by atoms with Crippen molar-refractivity contribution in [3.63, 3.8) is 0 Å². The maximum Gasteiger partial charge on any atom is 0.411 e. The van der Waals surface area contributed by atoms with Crippen molar-refractivity contribution in [1.82, 2.24) is 5.32 Å². The van der Waals surface area contributed by atoms with E-state index in [1.54, 1.807) is 44.6 Å². The van der Waals surface area contributed by atoms with Gasteiger partial charge in [-0.05, 0) is 31.4 Å². The smallest absolute Gasteiger partial charge is 0.411 e. The van der Waals surface area contributed by atoms with Crippen LogP contribution in [0, 0.1) is 0 Å². The molecule has 3 amide bonds. The molecule has 0 saturated heterocycles. The molecule has 0 aromatic heterocycles. The van der Waals surface area contributed by atoms with E-state index >= 15 is 0 Å². The number of nitrogens with one attached hydrogen (secondary N) is 3. The van der Waals surface area contributed by atoms with E-state index in [9.17, 15) is 9.59 Å². The second-order valence-corrected chi connectivity index (χ2v) is 7.08. The number of urea groups is 1. The summed E-state index contributed by atoms with van der Waals surface area (Å²) in [6.45, 7) is 0. The van der Waals surface area contributed by atoms with Gasteiger partial charge in [0.05, 0.1) is 14.2 Å². The SMILES string of the molecule is COc1cc(NC(=O)NC2CCCC(OC(=O)Nc3ccccc3)C2)cc(OC)c1. The fourth-order valence-corrected chi connectivity index (χ4v) is 3.44. The van der Waals surface area contributed by atoms with Crippen LogP contribution in [0.1, 0.15) is 25.7 Å². The highest BCUT2D eigenvalue weighted by atomic mass is 16.6. The molecule has 2 unspecified atom stereocenters. The maximum atomic E-state index is 12.4. The molecule has 8 nitrogen and oxygen atoms in total. The molecule has 2 atom stereocenters. The Bertz CT molecular complexity index is 837. The fourth-order valence-electron chi connectivity index (χ4n) is 3.44. The van der Waals surface area contributed by atoms with Gasteiger partial charge in [0.2, 0.25) is 0 Å². The predicted octanol–water partition coefficient (Wildman–Crippen LogP) is 4.39. The molecule has 3 rings (SSSR count). The highest BCUT2D eigenvalue weighted by Crippen LogP contribution is 2.26. The van der Waals surface area contributed by atoms with Crippen LogP contribution in [0.2, 0.25) is 0 Å². The number of carbonyl (C=O) groups excluding carboxylic acids is 2. The highest BCUT2D eigenvalue weighted by Gasteiger charge is 2.26. The Morgan fingerprint density at radius 3 is 2.27 bits per heavy atom. The third-order valence-electron chi connectivity index (χ3n) is 4.86. The minimum atomic E-state index is -0.486. The number of hydrogen-bond acceptors (Lipinski definition) is 5. The first-order valence-corrected chi connectivity index (χ1v) is 9.89. The van der Waals surface area contributed by atoms with Crippen LogP contribution < -0.4 is 25.4 Å². The lowest BCUT2D eigenvalue weighted by Crippen LogP contribution is -2.43. The van der Waals surface area contributed by atoms with E-state index in [1.165, 1.54) is 0 Å². The molecular weight excluding hydrogens is 386 g/mol. The maximum absolute atomic E-state index is 12.4. The summed E-state index contributed by atoms with van der Waals surface area (Å²) in [5, 5.41) is 8.46. The van der Waals surface area contributed by atoms with Crippen LogP contribution in [-0.4, -0.2) is 38.5 Å². The summed E-state index contributed by atoms with van der Waals surface area (Å²) in [6, 6.07) is 13.9. The average molecular weight is 413 g/mol. The van der Waals surface area contributed by atoms with Crippen LogP contribution in [-0.2, 0) is 4.74 Å². The van der Waals surface area contributed by atoms with Crippen LogP contribution >= 0.6 is 0 Å². The highest BCUT2D eigenvalue weighted by molar-refractivity contribution is 5.90. The monoisotopic (exact) mass is 413 g/mol. The largest absolute Gasteiger partial charge is 0.497 e. The lowest BCUT2D eigenvalue weighted by molar-refractivity contribution is 0.0779. The standard InChI is InChI=1S/C22H27N3O5/c1-28-19-12-17(13-20(14-19)29-2)24-21(26)23-16-9-6-10-18(11-16)30-22(27)25-15-7-4-3-5-8-15/h3-5,7-8,12-14,16,18H,6,9-11H2,1-2H3,(H,25,27)(H2,23,24,26). The van der Waals surface area contributed by atoms with Crippen LogP contribution in [0.3, 0.4) is 0 Å². The number of amides is 3. The van der Waals surface area contributed by atoms with Gasteiger partial charge in [0.25, 0.3) is 0 Å². The predicted molar refractivity (Wildman–Crippen MR) is 114 cm³/mol. The first kappa shape index (κ1) is 21.3. The normalized spacial score (nSPS) is 18.1. The van der Waals surface area contributed by atoms with Crippen molar-refractivity contribution in [3.8, 4) is 11.5 Å². The molecule has 160 valence electrons. The molecule has 3 N–H and O–H groups in total. The van der Waals surface area contributed by atoms with Crippen molar-refractivity contribution in [2.45, 2.75) is 37.8 Å². The van der Waals surface area contributed by atoms with Crippen LogP contribution in [0.25, 0.3) is 0 Å². The Hall–Kier alpha value is -3.42. The molecule has 30 heavy (non-hydrogen) atoms. The number of rotatable bonds is 6. The second kappa shape index (κ2) is 10.4. The summed E-state index contributed by atoms with van der Waals surface area (Å²) in [7, 11) is 3.10. The third-order valence-corrected chi connectivity index (χ3v) is 4.86. The van der Waals surface area contributed by atoms with Crippen molar-refractivity contribution < 1.29 is 23.8 Å². The Kier molecular flexibility index (Phi) is 7.37. The topological polar surface area (TPSA) is 97.9 Å². The van der Waals surface area contributed by atoms with E-state index in [0.717, 1.165) is 19.3 Å². The molecule has 0 bridgehead atoms. The van der Waals surface area contributed by atoms with Crippen molar-refractivity contribution in [1.29, 1.82) is 0 Å². The molecule has 0 radical (unpaired) electrons. The molecule has 8 heteroatoms. The Labute approximate surface area is 175 Å². The zero-order chi connectivity index (χ0) is 21.3. The van der Waals surface area contributed by atoms with Gasteiger partial charge in [0.15, 0.2) is 0 Å². The van der Waals surface area contributed by atoms with E-state index in [2.05, 4.69) is 16.0 Å². The zero-order valence-electron chi connectivity index (χ0n) is 17.1. The molecule has 0 aliphatic heterocycles. The lowest BCUT2D eigenvalue weighted by Gasteiger charge is -2.29. The minimum absolute atomic E-state index is 0.0826.